The van der Waals surface area contributed by atoms with Crippen molar-refractivity contribution in [1.29, 1.82) is 0 Å². The third kappa shape index (κ3) is 3.04. The lowest BCUT2D eigenvalue weighted by Crippen LogP contribution is -2.28. The molecule has 1 atom stereocenters. The molecule has 0 aliphatic carbocycles. The number of rotatable bonds is 4. The van der Waals surface area contributed by atoms with Crippen LogP contribution in [0, 0.1) is 12.8 Å². The van der Waals surface area contributed by atoms with Crippen LogP contribution < -0.4 is 10.6 Å². The maximum Gasteiger partial charge on any atom is 0.230 e. The number of carbonyl (C=O) groups is 1. The van der Waals surface area contributed by atoms with Crippen LogP contribution in [0.3, 0.4) is 0 Å². The van der Waals surface area contributed by atoms with Gasteiger partial charge in [-0.25, -0.2) is 4.98 Å². The van der Waals surface area contributed by atoms with Gasteiger partial charge >= 0.3 is 0 Å². The van der Waals surface area contributed by atoms with Crippen molar-refractivity contribution in [2.45, 2.75) is 13.8 Å². The van der Waals surface area contributed by atoms with Gasteiger partial charge in [0.25, 0.3) is 0 Å². The highest BCUT2D eigenvalue weighted by Crippen LogP contribution is 2.11. The lowest BCUT2D eigenvalue weighted by atomic mass is 10.2. The summed E-state index contributed by atoms with van der Waals surface area (Å²) >= 11 is 1.20. The van der Waals surface area contributed by atoms with Gasteiger partial charge < -0.3 is 10.6 Å². The van der Waals surface area contributed by atoms with E-state index in [0.717, 1.165) is 0 Å². The first kappa shape index (κ1) is 11.1. The maximum atomic E-state index is 11.5. The lowest BCUT2D eigenvalue weighted by molar-refractivity contribution is -0.119. The Morgan fingerprint density at radius 1 is 1.64 bits per heavy atom. The van der Waals surface area contributed by atoms with Gasteiger partial charge in [0, 0.05) is 24.0 Å². The summed E-state index contributed by atoms with van der Waals surface area (Å²) in [6.45, 7) is 4.31. The molecule has 1 amide bonds. The summed E-state index contributed by atoms with van der Waals surface area (Å²) in [5, 5.41) is 6.22. The zero-order valence-corrected chi connectivity index (χ0v) is 9.31. The van der Waals surface area contributed by atoms with Crippen molar-refractivity contribution >= 4 is 22.6 Å². The fourth-order valence-corrected chi connectivity index (χ4v) is 1.55. The third-order valence-corrected chi connectivity index (χ3v) is 2.44. The van der Waals surface area contributed by atoms with E-state index in [1.165, 1.54) is 11.5 Å². The van der Waals surface area contributed by atoms with E-state index in [0.29, 0.717) is 17.5 Å². The second-order valence-corrected chi connectivity index (χ2v) is 3.85. The largest absolute Gasteiger partial charge is 0.319 e. The fraction of sp³-hybridized carbons (Fsp3) is 0.625. The normalized spacial score (nSPS) is 12.5. The predicted octanol–water partition coefficient (Wildman–Crippen LogP) is 0.641. The van der Waals surface area contributed by atoms with Crippen molar-refractivity contribution in [1.82, 2.24) is 14.7 Å². The van der Waals surface area contributed by atoms with Crippen LogP contribution in [0.4, 0.5) is 5.13 Å². The second kappa shape index (κ2) is 5.02. The number of nitrogens with one attached hydrogen (secondary N) is 2. The highest BCUT2D eigenvalue weighted by atomic mass is 32.1. The Kier molecular flexibility index (Phi) is 3.97. The smallest absolute Gasteiger partial charge is 0.230 e. The number of aryl methyl sites for hydroxylation is 1. The van der Waals surface area contributed by atoms with Crippen LogP contribution in [0.5, 0.6) is 0 Å². The van der Waals surface area contributed by atoms with Crippen molar-refractivity contribution < 1.29 is 4.79 Å². The molecule has 1 aromatic rings. The molecule has 0 fully saturated rings. The Morgan fingerprint density at radius 2 is 2.36 bits per heavy atom. The Balaban J connectivity index is 2.48. The molecule has 0 aliphatic heterocycles. The van der Waals surface area contributed by atoms with Crippen LogP contribution in [0.2, 0.25) is 0 Å². The average Bonchev–Trinajstić information content (AvgIpc) is 2.51. The minimum Gasteiger partial charge on any atom is -0.319 e. The van der Waals surface area contributed by atoms with E-state index in [9.17, 15) is 4.79 Å². The summed E-state index contributed by atoms with van der Waals surface area (Å²) in [6.07, 6.45) is 0. The first-order valence-electron chi connectivity index (χ1n) is 4.39. The molecule has 0 saturated carbocycles. The molecule has 2 N–H and O–H groups in total. The van der Waals surface area contributed by atoms with Gasteiger partial charge in [-0.1, -0.05) is 6.92 Å². The van der Waals surface area contributed by atoms with Crippen molar-refractivity contribution in [3.05, 3.63) is 5.82 Å². The van der Waals surface area contributed by atoms with E-state index in [1.807, 2.05) is 14.0 Å². The quantitative estimate of drug-likeness (QED) is 0.772. The molecule has 1 unspecified atom stereocenters. The molecule has 0 radical (unpaired) electrons. The second-order valence-electron chi connectivity index (χ2n) is 3.09. The maximum absolute atomic E-state index is 11.5. The Hall–Kier alpha value is -1.01. The summed E-state index contributed by atoms with van der Waals surface area (Å²) in [7, 11) is 1.82. The number of aromatic nitrogens is 2. The Labute approximate surface area is 87.1 Å². The summed E-state index contributed by atoms with van der Waals surface area (Å²) < 4.78 is 3.98. The molecule has 1 heterocycles. The van der Waals surface area contributed by atoms with Gasteiger partial charge in [0.2, 0.25) is 11.0 Å². The summed E-state index contributed by atoms with van der Waals surface area (Å²) in [5.41, 5.74) is 0. The molecular formula is C8H14N4OS. The summed E-state index contributed by atoms with van der Waals surface area (Å²) in [4.78, 5) is 15.5. The van der Waals surface area contributed by atoms with Gasteiger partial charge in [-0.3, -0.25) is 4.79 Å². The number of amides is 1. The van der Waals surface area contributed by atoms with E-state index in [2.05, 4.69) is 20.0 Å². The molecule has 0 aliphatic rings. The molecule has 78 valence electrons. The highest BCUT2D eigenvalue weighted by molar-refractivity contribution is 7.09. The average molecular weight is 214 g/mol. The van der Waals surface area contributed by atoms with Gasteiger partial charge in [0.15, 0.2) is 0 Å². The van der Waals surface area contributed by atoms with Crippen LogP contribution in [0.15, 0.2) is 0 Å². The number of carbonyl (C=O) groups excluding carboxylic acids is 1. The standard InChI is InChI=1S/C8H14N4OS/c1-5(4-9-3)7(13)11-8-10-6(2)12-14-8/h5,9H,4H2,1-3H3,(H,10,11,12,13). The van der Waals surface area contributed by atoms with E-state index in [1.54, 1.807) is 6.92 Å². The number of hydrogen-bond acceptors (Lipinski definition) is 5. The number of hydrogen-bond donors (Lipinski definition) is 2. The SMILES string of the molecule is CNCC(C)C(=O)Nc1nc(C)ns1. The zero-order chi connectivity index (χ0) is 10.6. The van der Waals surface area contributed by atoms with Gasteiger partial charge in [-0.05, 0) is 14.0 Å². The fourth-order valence-electron chi connectivity index (χ4n) is 0.975. The molecule has 6 heteroatoms. The van der Waals surface area contributed by atoms with E-state index < -0.39 is 0 Å². The Morgan fingerprint density at radius 3 is 2.86 bits per heavy atom. The van der Waals surface area contributed by atoms with Crippen LogP contribution in [0.25, 0.3) is 0 Å². The number of nitrogens with zero attached hydrogens (tertiary/aromatic N) is 2. The van der Waals surface area contributed by atoms with E-state index >= 15 is 0 Å². The van der Waals surface area contributed by atoms with Crippen LogP contribution in [-0.4, -0.2) is 28.9 Å². The molecule has 14 heavy (non-hydrogen) atoms. The monoisotopic (exact) mass is 214 g/mol. The van der Waals surface area contributed by atoms with E-state index in [-0.39, 0.29) is 11.8 Å². The minimum absolute atomic E-state index is 0.0319. The number of anilines is 1. The van der Waals surface area contributed by atoms with Crippen molar-refractivity contribution in [2.75, 3.05) is 18.9 Å². The predicted molar refractivity (Wildman–Crippen MR) is 56.4 cm³/mol. The molecule has 0 saturated heterocycles. The molecule has 1 rings (SSSR count). The zero-order valence-electron chi connectivity index (χ0n) is 8.50. The first-order chi connectivity index (χ1) is 6.63. The molecular weight excluding hydrogens is 200 g/mol. The van der Waals surface area contributed by atoms with Crippen LogP contribution >= 0.6 is 11.5 Å². The lowest BCUT2D eigenvalue weighted by Gasteiger charge is -2.08. The molecule has 0 aromatic carbocycles. The topological polar surface area (TPSA) is 66.9 Å². The van der Waals surface area contributed by atoms with Crippen LogP contribution in [0.1, 0.15) is 12.7 Å². The third-order valence-electron chi connectivity index (χ3n) is 1.72. The molecule has 0 bridgehead atoms. The van der Waals surface area contributed by atoms with Gasteiger partial charge in [0.1, 0.15) is 5.82 Å². The summed E-state index contributed by atoms with van der Waals surface area (Å²) in [5.74, 6) is 0.589. The van der Waals surface area contributed by atoms with Crippen molar-refractivity contribution in [3.63, 3.8) is 0 Å². The summed E-state index contributed by atoms with van der Waals surface area (Å²) in [6, 6.07) is 0. The molecule has 5 nitrogen and oxygen atoms in total. The minimum atomic E-state index is -0.0655. The molecule has 1 aromatic heterocycles. The van der Waals surface area contributed by atoms with E-state index in [4.69, 9.17) is 0 Å². The van der Waals surface area contributed by atoms with Crippen LogP contribution in [-0.2, 0) is 4.79 Å². The van der Waals surface area contributed by atoms with Gasteiger partial charge in [-0.2, -0.15) is 4.37 Å². The Bertz CT molecular complexity index is 312. The molecule has 0 spiro atoms. The van der Waals surface area contributed by atoms with Crippen molar-refractivity contribution in [2.24, 2.45) is 5.92 Å². The van der Waals surface area contributed by atoms with Gasteiger partial charge in [-0.15, -0.1) is 0 Å². The highest BCUT2D eigenvalue weighted by Gasteiger charge is 2.13. The van der Waals surface area contributed by atoms with Crippen molar-refractivity contribution in [3.8, 4) is 0 Å². The first-order valence-corrected chi connectivity index (χ1v) is 5.16. The van der Waals surface area contributed by atoms with Gasteiger partial charge in [0.05, 0.1) is 0 Å².